The van der Waals surface area contributed by atoms with Crippen molar-refractivity contribution in [1.82, 2.24) is 0 Å². The van der Waals surface area contributed by atoms with Crippen molar-refractivity contribution in [2.75, 3.05) is 0 Å². The van der Waals surface area contributed by atoms with Gasteiger partial charge in [0.2, 0.25) is 0 Å². The van der Waals surface area contributed by atoms with Crippen LogP contribution < -0.4 is 0 Å². The van der Waals surface area contributed by atoms with Crippen LogP contribution in [-0.4, -0.2) is 17.7 Å². The summed E-state index contributed by atoms with van der Waals surface area (Å²) in [7, 11) is 0. The van der Waals surface area contributed by atoms with Crippen molar-refractivity contribution in [3.8, 4) is 0 Å². The van der Waals surface area contributed by atoms with Crippen LogP contribution in [0.25, 0.3) is 0 Å². The van der Waals surface area contributed by atoms with Crippen LogP contribution in [0.2, 0.25) is 0 Å². The Kier molecular flexibility index (Phi) is 20.2. The van der Waals surface area contributed by atoms with Gasteiger partial charge >= 0.3 is 7.69 Å². The zero-order valence-corrected chi connectivity index (χ0v) is 5.56. The minimum Gasteiger partial charge on any atom is -0.429 e. The van der Waals surface area contributed by atoms with Crippen LogP contribution in [0, 0.1) is 0 Å². The Morgan fingerprint density at radius 3 is 1.25 bits per heavy atom. The van der Waals surface area contributed by atoms with Gasteiger partial charge in [-0.05, 0) is 0 Å². The molecule has 0 aromatic carbocycles. The van der Waals surface area contributed by atoms with Gasteiger partial charge in [-0.15, -0.1) is 0 Å². The predicted molar refractivity (Wildman–Crippen MR) is 10.2 cm³/mol. The molecule has 0 aliphatic rings. The summed E-state index contributed by atoms with van der Waals surface area (Å²) >= 11 is 0. The van der Waals surface area contributed by atoms with Crippen molar-refractivity contribution < 1.29 is 35.9 Å². The maximum absolute atomic E-state index is 7.00. The second-order valence-electron chi connectivity index (χ2n) is 0.115. The standard InChI is InChI=1S/BH2O2.Hf/c2-1-3;/h2-3H;. The molecule has 0 heterocycles. The Morgan fingerprint density at radius 2 is 1.25 bits per heavy atom. The van der Waals surface area contributed by atoms with E-state index in [1.165, 1.54) is 0 Å². The van der Waals surface area contributed by atoms with Gasteiger partial charge in [-0.2, -0.15) is 0 Å². The van der Waals surface area contributed by atoms with Crippen LogP contribution in [-0.2, 0) is 25.8 Å². The molecule has 0 bridgehead atoms. The molecule has 0 atom stereocenters. The molecule has 0 rings (SSSR count). The summed E-state index contributed by atoms with van der Waals surface area (Å²) in [6, 6.07) is 0. The van der Waals surface area contributed by atoms with Crippen LogP contribution in [0.3, 0.4) is 0 Å². The molecule has 0 fully saturated rings. The number of hydrogen-bond acceptors (Lipinski definition) is 2. The molecule has 0 aliphatic heterocycles. The zero-order chi connectivity index (χ0) is 2.71. The van der Waals surface area contributed by atoms with Gasteiger partial charge in [0, 0.05) is 25.8 Å². The van der Waals surface area contributed by atoms with Gasteiger partial charge in [0.05, 0.1) is 0 Å². The molecule has 4 heteroatoms. The molecule has 1 radical (unpaired) electrons. The molecule has 0 saturated carbocycles. The van der Waals surface area contributed by atoms with E-state index in [1.807, 2.05) is 0 Å². The third-order valence-corrected chi connectivity index (χ3v) is 0. The first kappa shape index (κ1) is 8.85. The van der Waals surface area contributed by atoms with E-state index in [9.17, 15) is 0 Å². The summed E-state index contributed by atoms with van der Waals surface area (Å²) in [6.45, 7) is 0. The number of rotatable bonds is 0. The van der Waals surface area contributed by atoms with Crippen molar-refractivity contribution in [1.29, 1.82) is 0 Å². The molecule has 4 heavy (non-hydrogen) atoms. The largest absolute Gasteiger partial charge is 0.482 e. The molecule has 2 N–H and O–H groups in total. The average molecular weight is 223 g/mol. The van der Waals surface area contributed by atoms with Crippen molar-refractivity contribution in [2.24, 2.45) is 0 Å². The molecule has 21 valence electrons. The molecule has 0 amide bonds. The van der Waals surface area contributed by atoms with Crippen LogP contribution in [0.1, 0.15) is 0 Å². The Hall–Kier alpha value is 0.855. The SMILES string of the molecule is O[B]O.[Hf]. The summed E-state index contributed by atoms with van der Waals surface area (Å²) < 4.78 is 0. The molecule has 0 aromatic heterocycles. The first-order valence-electron chi connectivity index (χ1n) is 0.516. The van der Waals surface area contributed by atoms with Gasteiger partial charge in [-0.3, -0.25) is 0 Å². The van der Waals surface area contributed by atoms with E-state index >= 15 is 0 Å². The molecule has 2 nitrogen and oxygen atoms in total. The smallest absolute Gasteiger partial charge is 0.429 e. The van der Waals surface area contributed by atoms with E-state index in [1.54, 1.807) is 0 Å². The van der Waals surface area contributed by atoms with Crippen molar-refractivity contribution in [2.45, 2.75) is 0 Å². The molecule has 0 spiro atoms. The summed E-state index contributed by atoms with van der Waals surface area (Å²) in [5.74, 6) is 0. The van der Waals surface area contributed by atoms with E-state index < -0.39 is 0 Å². The second-order valence-corrected chi connectivity index (χ2v) is 0.115. The second kappa shape index (κ2) is 9.13. The molecular weight excluding hydrogens is 221 g/mol. The van der Waals surface area contributed by atoms with Crippen LogP contribution in [0.15, 0.2) is 0 Å². The Bertz CT molecular complexity index is 6.00. The van der Waals surface area contributed by atoms with Crippen molar-refractivity contribution in [3.63, 3.8) is 0 Å². The van der Waals surface area contributed by atoms with Crippen molar-refractivity contribution >= 4 is 7.69 Å². The minimum atomic E-state index is 0. The van der Waals surface area contributed by atoms with Crippen LogP contribution in [0.4, 0.5) is 0 Å². The Morgan fingerprint density at radius 1 is 1.25 bits per heavy atom. The summed E-state index contributed by atoms with van der Waals surface area (Å²) in [5, 5.41) is 14.0. The van der Waals surface area contributed by atoms with Gasteiger partial charge in [-0.1, -0.05) is 0 Å². The molecular formula is H2BHfO2. The van der Waals surface area contributed by atoms with E-state index in [0.29, 0.717) is 0 Å². The fourth-order valence-corrected chi connectivity index (χ4v) is 0. The van der Waals surface area contributed by atoms with Crippen molar-refractivity contribution in [3.05, 3.63) is 0 Å². The first-order valence-corrected chi connectivity index (χ1v) is 0.516. The van der Waals surface area contributed by atoms with E-state index in [-0.39, 0.29) is 33.5 Å². The predicted octanol–water partition coefficient (Wildman–Crippen LogP) is -1.50. The van der Waals surface area contributed by atoms with Gasteiger partial charge in [0.25, 0.3) is 0 Å². The molecule has 0 saturated heterocycles. The van der Waals surface area contributed by atoms with E-state index in [0.717, 1.165) is 0 Å². The monoisotopic (exact) mass is 225 g/mol. The molecule has 0 unspecified atom stereocenters. The summed E-state index contributed by atoms with van der Waals surface area (Å²) in [6.07, 6.45) is 0. The fraction of sp³-hybridized carbons (Fsp3) is 0. The Balaban J connectivity index is 0. The zero-order valence-electron chi connectivity index (χ0n) is 1.97. The van der Waals surface area contributed by atoms with E-state index in [4.69, 9.17) is 10.0 Å². The third kappa shape index (κ3) is 13.4. The average Bonchev–Trinajstić information content (AvgIpc) is 0.918. The molecule has 0 aromatic rings. The van der Waals surface area contributed by atoms with Crippen LogP contribution >= 0.6 is 0 Å². The Labute approximate surface area is 43.9 Å². The fourth-order valence-electron chi connectivity index (χ4n) is 0. The first-order chi connectivity index (χ1) is 1.41. The summed E-state index contributed by atoms with van der Waals surface area (Å²) in [5.41, 5.74) is 0. The van der Waals surface area contributed by atoms with Gasteiger partial charge in [0.1, 0.15) is 0 Å². The maximum Gasteiger partial charge on any atom is 0.482 e. The van der Waals surface area contributed by atoms with Gasteiger partial charge < -0.3 is 10.0 Å². The maximum atomic E-state index is 7.00. The molecule has 0 aliphatic carbocycles. The number of hydrogen-bond donors (Lipinski definition) is 2. The van der Waals surface area contributed by atoms with E-state index in [2.05, 4.69) is 0 Å². The topological polar surface area (TPSA) is 40.5 Å². The minimum absolute atomic E-state index is 0. The normalized spacial score (nSPS) is 3.50. The van der Waals surface area contributed by atoms with Crippen LogP contribution in [0.5, 0.6) is 0 Å². The van der Waals surface area contributed by atoms with Gasteiger partial charge in [-0.25, -0.2) is 0 Å². The summed E-state index contributed by atoms with van der Waals surface area (Å²) in [4.78, 5) is 0. The quantitative estimate of drug-likeness (QED) is 0.491. The van der Waals surface area contributed by atoms with Gasteiger partial charge in [0.15, 0.2) is 0 Å². The third-order valence-electron chi connectivity index (χ3n) is 0.